The van der Waals surface area contributed by atoms with Crippen LogP contribution in [0.3, 0.4) is 0 Å². The van der Waals surface area contributed by atoms with E-state index in [1.54, 1.807) is 6.20 Å². The molecule has 0 saturated carbocycles. The third-order valence-corrected chi connectivity index (χ3v) is 4.00. The van der Waals surface area contributed by atoms with Gasteiger partial charge in [-0.15, -0.1) is 0 Å². The average molecular weight is 303 g/mol. The van der Waals surface area contributed by atoms with Crippen molar-refractivity contribution in [2.75, 3.05) is 0 Å². The molecule has 0 N–H and O–H groups in total. The molecule has 0 amide bonds. The highest BCUT2D eigenvalue weighted by Crippen LogP contribution is 2.24. The van der Waals surface area contributed by atoms with Gasteiger partial charge in [-0.05, 0) is 31.2 Å². The quantitative estimate of drug-likeness (QED) is 0.567. The summed E-state index contributed by atoms with van der Waals surface area (Å²) >= 11 is 0. The third-order valence-electron chi connectivity index (χ3n) is 4.00. The van der Waals surface area contributed by atoms with Crippen molar-refractivity contribution < 1.29 is 4.74 Å². The molecule has 0 saturated heterocycles. The normalized spacial score (nSPS) is 11.2. The Balaban J connectivity index is 1.68. The SMILES string of the molecule is CCn1c(COc2cccc3cccnc23)nc2ccccc21. The average Bonchev–Trinajstić information content (AvgIpc) is 2.97. The highest BCUT2D eigenvalue weighted by Gasteiger charge is 2.10. The van der Waals surface area contributed by atoms with Crippen LogP contribution >= 0.6 is 0 Å². The van der Waals surface area contributed by atoms with Gasteiger partial charge in [0.15, 0.2) is 0 Å². The molecule has 23 heavy (non-hydrogen) atoms. The molecular formula is C19H17N3O. The zero-order chi connectivity index (χ0) is 15.6. The number of imidazole rings is 1. The maximum atomic E-state index is 6.03. The zero-order valence-corrected chi connectivity index (χ0v) is 12.9. The van der Waals surface area contributed by atoms with Gasteiger partial charge in [0.1, 0.15) is 23.7 Å². The Bertz CT molecular complexity index is 969. The van der Waals surface area contributed by atoms with Crippen LogP contribution in [-0.2, 0) is 13.2 Å². The van der Waals surface area contributed by atoms with Crippen molar-refractivity contribution in [3.05, 3.63) is 66.6 Å². The summed E-state index contributed by atoms with van der Waals surface area (Å²) in [5, 5.41) is 1.08. The lowest BCUT2D eigenvalue weighted by molar-refractivity contribution is 0.294. The van der Waals surface area contributed by atoms with Gasteiger partial charge in [0.05, 0.1) is 11.0 Å². The second-order valence-corrected chi connectivity index (χ2v) is 5.38. The summed E-state index contributed by atoms with van der Waals surface area (Å²) in [5.41, 5.74) is 3.03. The van der Waals surface area contributed by atoms with Crippen molar-refractivity contribution in [2.24, 2.45) is 0 Å². The van der Waals surface area contributed by atoms with Crippen LogP contribution in [0, 0.1) is 0 Å². The highest BCUT2D eigenvalue weighted by atomic mass is 16.5. The fraction of sp³-hybridized carbons (Fsp3) is 0.158. The van der Waals surface area contributed by atoms with Crippen molar-refractivity contribution in [1.29, 1.82) is 0 Å². The number of pyridine rings is 1. The van der Waals surface area contributed by atoms with Crippen LogP contribution in [-0.4, -0.2) is 14.5 Å². The standard InChI is InChI=1S/C19H17N3O/c1-2-22-16-10-4-3-9-15(16)21-18(22)13-23-17-11-5-7-14-8-6-12-20-19(14)17/h3-12H,2,13H2,1H3. The molecular weight excluding hydrogens is 286 g/mol. The van der Waals surface area contributed by atoms with Crippen LogP contribution in [0.25, 0.3) is 21.9 Å². The Hall–Kier alpha value is -2.88. The number of hydrogen-bond acceptors (Lipinski definition) is 3. The lowest BCUT2D eigenvalue weighted by Crippen LogP contribution is -2.06. The number of aromatic nitrogens is 3. The van der Waals surface area contributed by atoms with E-state index in [2.05, 4.69) is 22.5 Å². The van der Waals surface area contributed by atoms with Gasteiger partial charge >= 0.3 is 0 Å². The van der Waals surface area contributed by atoms with E-state index in [1.165, 1.54) is 0 Å². The molecule has 4 aromatic rings. The Morgan fingerprint density at radius 2 is 1.87 bits per heavy atom. The molecule has 0 spiro atoms. The van der Waals surface area contributed by atoms with Gasteiger partial charge in [-0.2, -0.15) is 0 Å². The van der Waals surface area contributed by atoms with E-state index in [9.17, 15) is 0 Å². The van der Waals surface area contributed by atoms with Crippen LogP contribution in [0.2, 0.25) is 0 Å². The molecule has 4 rings (SSSR count). The first kappa shape index (κ1) is 13.8. The van der Waals surface area contributed by atoms with Crippen molar-refractivity contribution in [3.8, 4) is 5.75 Å². The van der Waals surface area contributed by atoms with E-state index in [1.807, 2.05) is 48.5 Å². The first-order valence-electron chi connectivity index (χ1n) is 7.77. The van der Waals surface area contributed by atoms with Gasteiger partial charge in [-0.3, -0.25) is 4.98 Å². The van der Waals surface area contributed by atoms with E-state index in [4.69, 9.17) is 9.72 Å². The van der Waals surface area contributed by atoms with E-state index >= 15 is 0 Å². The highest BCUT2D eigenvalue weighted by molar-refractivity contribution is 5.84. The number of para-hydroxylation sites is 3. The van der Waals surface area contributed by atoms with Gasteiger partial charge in [-0.25, -0.2) is 4.98 Å². The number of aryl methyl sites for hydroxylation is 1. The first-order chi connectivity index (χ1) is 11.4. The lowest BCUT2D eigenvalue weighted by atomic mass is 10.2. The van der Waals surface area contributed by atoms with Crippen LogP contribution in [0.1, 0.15) is 12.7 Å². The zero-order valence-electron chi connectivity index (χ0n) is 12.9. The predicted molar refractivity (Wildman–Crippen MR) is 91.5 cm³/mol. The third kappa shape index (κ3) is 2.42. The number of hydrogen-bond donors (Lipinski definition) is 0. The topological polar surface area (TPSA) is 39.9 Å². The largest absolute Gasteiger partial charge is 0.483 e. The van der Waals surface area contributed by atoms with Gasteiger partial charge in [0.25, 0.3) is 0 Å². The number of rotatable bonds is 4. The molecule has 0 aliphatic carbocycles. The molecule has 0 aliphatic heterocycles. The van der Waals surface area contributed by atoms with E-state index in [0.29, 0.717) is 6.61 Å². The van der Waals surface area contributed by atoms with Crippen LogP contribution in [0.15, 0.2) is 60.8 Å². The van der Waals surface area contributed by atoms with Crippen LogP contribution < -0.4 is 4.74 Å². The van der Waals surface area contributed by atoms with Crippen LogP contribution in [0.4, 0.5) is 0 Å². The second kappa shape index (κ2) is 5.72. The fourth-order valence-electron chi connectivity index (χ4n) is 2.92. The molecule has 2 aromatic carbocycles. The summed E-state index contributed by atoms with van der Waals surface area (Å²) in [7, 11) is 0. The van der Waals surface area contributed by atoms with Crippen molar-refractivity contribution in [1.82, 2.24) is 14.5 Å². The molecule has 2 aromatic heterocycles. The minimum atomic E-state index is 0.429. The summed E-state index contributed by atoms with van der Waals surface area (Å²) in [6.45, 7) is 3.42. The van der Waals surface area contributed by atoms with Gasteiger partial charge in [-0.1, -0.05) is 30.3 Å². The van der Waals surface area contributed by atoms with Gasteiger partial charge in [0, 0.05) is 18.1 Å². The summed E-state index contributed by atoms with van der Waals surface area (Å²) < 4.78 is 8.22. The van der Waals surface area contributed by atoms with E-state index in [0.717, 1.165) is 40.1 Å². The Labute approximate surface area is 134 Å². The molecule has 0 radical (unpaired) electrons. The maximum absolute atomic E-state index is 6.03. The molecule has 0 bridgehead atoms. The summed E-state index contributed by atoms with van der Waals surface area (Å²) in [5.74, 6) is 1.72. The number of ether oxygens (including phenoxy) is 1. The fourth-order valence-corrected chi connectivity index (χ4v) is 2.92. The molecule has 2 heterocycles. The van der Waals surface area contributed by atoms with E-state index < -0.39 is 0 Å². The Morgan fingerprint density at radius 1 is 1.00 bits per heavy atom. The number of fused-ring (bicyclic) bond motifs is 2. The maximum Gasteiger partial charge on any atom is 0.147 e. The molecule has 0 atom stereocenters. The van der Waals surface area contributed by atoms with E-state index in [-0.39, 0.29) is 0 Å². The molecule has 0 fully saturated rings. The molecule has 0 aliphatic rings. The van der Waals surface area contributed by atoms with Crippen molar-refractivity contribution >= 4 is 21.9 Å². The van der Waals surface area contributed by atoms with Crippen LogP contribution in [0.5, 0.6) is 5.75 Å². The minimum Gasteiger partial charge on any atom is -0.483 e. The summed E-state index contributed by atoms with van der Waals surface area (Å²) in [6, 6.07) is 18.1. The van der Waals surface area contributed by atoms with Crippen molar-refractivity contribution in [3.63, 3.8) is 0 Å². The summed E-state index contributed by atoms with van der Waals surface area (Å²) in [4.78, 5) is 9.12. The molecule has 4 nitrogen and oxygen atoms in total. The second-order valence-electron chi connectivity index (χ2n) is 5.38. The van der Waals surface area contributed by atoms with Gasteiger partial charge < -0.3 is 9.30 Å². The lowest BCUT2D eigenvalue weighted by Gasteiger charge is -2.10. The molecule has 0 unspecified atom stereocenters. The van der Waals surface area contributed by atoms with Crippen molar-refractivity contribution in [2.45, 2.75) is 20.1 Å². The first-order valence-corrected chi connectivity index (χ1v) is 7.77. The molecule has 4 heteroatoms. The summed E-state index contributed by atoms with van der Waals surface area (Å²) in [6.07, 6.45) is 1.79. The smallest absolute Gasteiger partial charge is 0.147 e. The Morgan fingerprint density at radius 3 is 2.78 bits per heavy atom. The number of nitrogens with zero attached hydrogens (tertiary/aromatic N) is 3. The number of benzene rings is 2. The van der Waals surface area contributed by atoms with Gasteiger partial charge in [0.2, 0.25) is 0 Å². The molecule has 114 valence electrons. The predicted octanol–water partition coefficient (Wildman–Crippen LogP) is 4.18. The monoisotopic (exact) mass is 303 g/mol. The minimum absolute atomic E-state index is 0.429. The Kier molecular flexibility index (Phi) is 3.42.